The minimum atomic E-state index is -0.745. The summed E-state index contributed by atoms with van der Waals surface area (Å²) in [5.74, 6) is -0.163. The number of aromatic nitrogens is 2. The highest BCUT2D eigenvalue weighted by Crippen LogP contribution is 2.26. The Hall–Kier alpha value is -3.26. The molecule has 0 spiro atoms. The third-order valence-corrected chi connectivity index (χ3v) is 4.91. The lowest BCUT2D eigenvalue weighted by molar-refractivity contribution is -0.117. The molecule has 1 unspecified atom stereocenters. The molecule has 0 bridgehead atoms. The maximum atomic E-state index is 12.4. The molecule has 3 aromatic rings. The molecule has 8 heteroatoms. The first-order valence-electron chi connectivity index (χ1n) is 8.62. The van der Waals surface area contributed by atoms with Gasteiger partial charge in [-0.15, -0.1) is 10.2 Å². The van der Waals surface area contributed by atoms with E-state index in [9.17, 15) is 9.59 Å². The Kier molecular flexibility index (Phi) is 6.00. The molecule has 0 aliphatic rings. The third-order valence-electron chi connectivity index (χ3n) is 4.03. The number of methoxy groups -OCH3 is 1. The van der Waals surface area contributed by atoms with E-state index in [1.165, 1.54) is 18.4 Å². The van der Waals surface area contributed by atoms with Crippen molar-refractivity contribution in [2.45, 2.75) is 19.9 Å². The van der Waals surface area contributed by atoms with E-state index in [1.807, 2.05) is 31.2 Å². The van der Waals surface area contributed by atoms with Gasteiger partial charge in [0.2, 0.25) is 11.0 Å². The van der Waals surface area contributed by atoms with E-state index in [0.717, 1.165) is 11.1 Å². The van der Waals surface area contributed by atoms with Crippen molar-refractivity contribution in [2.75, 3.05) is 12.4 Å². The minimum absolute atomic E-state index is 0.362. The molecule has 0 aliphatic heterocycles. The van der Waals surface area contributed by atoms with Crippen LogP contribution in [0, 0.1) is 6.92 Å². The predicted molar refractivity (Wildman–Crippen MR) is 109 cm³/mol. The average Bonchev–Trinajstić information content (AvgIpc) is 3.16. The second kappa shape index (κ2) is 8.62. The van der Waals surface area contributed by atoms with Gasteiger partial charge in [-0.3, -0.25) is 14.9 Å². The number of nitrogens with one attached hydrogen (secondary N) is 2. The molecule has 0 aliphatic carbocycles. The third kappa shape index (κ3) is 4.72. The van der Waals surface area contributed by atoms with Crippen molar-refractivity contribution in [2.24, 2.45) is 0 Å². The summed E-state index contributed by atoms with van der Waals surface area (Å²) in [4.78, 5) is 24.7. The molecule has 1 aromatic heterocycles. The van der Waals surface area contributed by atoms with E-state index in [2.05, 4.69) is 20.8 Å². The molecule has 2 aromatic carbocycles. The predicted octanol–water partition coefficient (Wildman–Crippen LogP) is 3.28. The Bertz CT molecular complexity index is 985. The van der Waals surface area contributed by atoms with Crippen LogP contribution in [-0.2, 0) is 4.79 Å². The number of aryl methyl sites for hydroxylation is 1. The molecule has 7 nitrogen and oxygen atoms in total. The number of benzene rings is 2. The van der Waals surface area contributed by atoms with Crippen LogP contribution in [0.4, 0.5) is 5.13 Å². The number of carbonyl (C=O) groups is 2. The van der Waals surface area contributed by atoms with Crippen molar-refractivity contribution in [3.8, 4) is 16.3 Å². The Morgan fingerprint density at radius 3 is 2.57 bits per heavy atom. The van der Waals surface area contributed by atoms with Crippen LogP contribution >= 0.6 is 11.3 Å². The molecule has 144 valence electrons. The zero-order valence-electron chi connectivity index (χ0n) is 15.7. The largest absolute Gasteiger partial charge is 0.497 e. The minimum Gasteiger partial charge on any atom is -0.497 e. The number of nitrogens with zero attached hydrogens (tertiary/aromatic N) is 2. The highest BCUT2D eigenvalue weighted by atomic mass is 32.1. The van der Waals surface area contributed by atoms with E-state index < -0.39 is 6.04 Å². The summed E-state index contributed by atoms with van der Waals surface area (Å²) in [7, 11) is 1.53. The second-order valence-corrected chi connectivity index (χ2v) is 7.17. The van der Waals surface area contributed by atoms with Crippen LogP contribution in [0.25, 0.3) is 10.6 Å². The summed E-state index contributed by atoms with van der Waals surface area (Å²) < 4.78 is 5.11. The van der Waals surface area contributed by atoms with Gasteiger partial charge in [0.05, 0.1) is 7.11 Å². The molecule has 2 N–H and O–H groups in total. The fourth-order valence-corrected chi connectivity index (χ4v) is 3.16. The fourth-order valence-electron chi connectivity index (χ4n) is 2.41. The molecule has 0 radical (unpaired) electrons. The Balaban J connectivity index is 1.61. The first kappa shape index (κ1) is 19.5. The van der Waals surface area contributed by atoms with Crippen LogP contribution in [0.1, 0.15) is 22.8 Å². The average molecular weight is 396 g/mol. The standard InChI is InChI=1S/C20H20N4O3S/c1-12-7-9-14(10-8-12)19-23-24-20(28-19)22-17(25)13(2)21-18(26)15-5-4-6-16(11-15)27-3/h4-11,13H,1-3H3,(H,21,26)(H,22,24,25). The van der Waals surface area contributed by atoms with Crippen molar-refractivity contribution in [3.63, 3.8) is 0 Å². The summed E-state index contributed by atoms with van der Waals surface area (Å²) in [6, 6.07) is 13.9. The molecule has 28 heavy (non-hydrogen) atoms. The maximum absolute atomic E-state index is 12.4. The van der Waals surface area contributed by atoms with Gasteiger partial charge >= 0.3 is 0 Å². The number of hydrogen-bond donors (Lipinski definition) is 2. The Labute approximate surface area is 166 Å². The topological polar surface area (TPSA) is 93.2 Å². The summed E-state index contributed by atoms with van der Waals surface area (Å²) in [6.45, 7) is 3.62. The van der Waals surface area contributed by atoms with Crippen LogP contribution in [0.15, 0.2) is 48.5 Å². The van der Waals surface area contributed by atoms with Crippen LogP contribution < -0.4 is 15.4 Å². The highest BCUT2D eigenvalue weighted by Gasteiger charge is 2.19. The number of hydrogen-bond acceptors (Lipinski definition) is 6. The van der Waals surface area contributed by atoms with Gasteiger partial charge in [-0.25, -0.2) is 0 Å². The first-order chi connectivity index (χ1) is 13.5. The van der Waals surface area contributed by atoms with Crippen molar-refractivity contribution in [1.29, 1.82) is 0 Å². The van der Waals surface area contributed by atoms with Crippen molar-refractivity contribution in [1.82, 2.24) is 15.5 Å². The SMILES string of the molecule is COc1cccc(C(=O)NC(C)C(=O)Nc2nnc(-c3ccc(C)cc3)s2)c1. The van der Waals surface area contributed by atoms with E-state index in [4.69, 9.17) is 4.74 Å². The van der Waals surface area contributed by atoms with Crippen molar-refractivity contribution >= 4 is 28.3 Å². The van der Waals surface area contributed by atoms with Gasteiger partial charge < -0.3 is 10.1 Å². The van der Waals surface area contributed by atoms with Gasteiger partial charge in [0.1, 0.15) is 16.8 Å². The van der Waals surface area contributed by atoms with Gasteiger partial charge in [-0.2, -0.15) is 0 Å². The van der Waals surface area contributed by atoms with E-state index in [1.54, 1.807) is 31.2 Å². The molecule has 0 saturated carbocycles. The molecule has 1 heterocycles. The zero-order valence-corrected chi connectivity index (χ0v) is 16.5. The van der Waals surface area contributed by atoms with Gasteiger partial charge in [0.15, 0.2) is 0 Å². The smallest absolute Gasteiger partial charge is 0.252 e. The molecule has 3 rings (SSSR count). The molecule has 0 fully saturated rings. The molecule has 2 amide bonds. The monoisotopic (exact) mass is 396 g/mol. The number of anilines is 1. The van der Waals surface area contributed by atoms with Crippen molar-refractivity contribution in [3.05, 3.63) is 59.7 Å². The molecular weight excluding hydrogens is 376 g/mol. The molecular formula is C20H20N4O3S. The maximum Gasteiger partial charge on any atom is 0.252 e. The highest BCUT2D eigenvalue weighted by molar-refractivity contribution is 7.18. The Morgan fingerprint density at radius 1 is 1.11 bits per heavy atom. The van der Waals surface area contributed by atoms with Gasteiger partial charge in [-0.1, -0.05) is 47.2 Å². The summed E-state index contributed by atoms with van der Waals surface area (Å²) in [5.41, 5.74) is 2.50. The van der Waals surface area contributed by atoms with E-state index in [0.29, 0.717) is 21.5 Å². The quantitative estimate of drug-likeness (QED) is 0.667. The number of carbonyl (C=O) groups excluding carboxylic acids is 2. The number of rotatable bonds is 6. The lowest BCUT2D eigenvalue weighted by Crippen LogP contribution is -2.41. The van der Waals surface area contributed by atoms with Gasteiger partial charge in [-0.05, 0) is 32.0 Å². The second-order valence-electron chi connectivity index (χ2n) is 6.19. The lowest BCUT2D eigenvalue weighted by atomic mass is 10.2. The van der Waals surface area contributed by atoms with Crippen LogP contribution in [-0.4, -0.2) is 35.2 Å². The van der Waals surface area contributed by atoms with Crippen molar-refractivity contribution < 1.29 is 14.3 Å². The Morgan fingerprint density at radius 2 is 1.86 bits per heavy atom. The van der Waals surface area contributed by atoms with Crippen LogP contribution in [0.2, 0.25) is 0 Å². The first-order valence-corrected chi connectivity index (χ1v) is 9.44. The summed E-state index contributed by atoms with van der Waals surface area (Å²) in [6.07, 6.45) is 0. The number of amides is 2. The molecule has 1 atom stereocenters. The zero-order chi connectivity index (χ0) is 20.1. The summed E-state index contributed by atoms with van der Waals surface area (Å²) in [5, 5.41) is 14.6. The van der Waals surface area contributed by atoms with E-state index >= 15 is 0 Å². The summed E-state index contributed by atoms with van der Waals surface area (Å²) >= 11 is 1.27. The fraction of sp³-hybridized carbons (Fsp3) is 0.200. The van der Waals surface area contributed by atoms with Crippen LogP contribution in [0.5, 0.6) is 5.75 Å². The lowest BCUT2D eigenvalue weighted by Gasteiger charge is -2.13. The van der Waals surface area contributed by atoms with Crippen LogP contribution in [0.3, 0.4) is 0 Å². The number of ether oxygens (including phenoxy) is 1. The van der Waals surface area contributed by atoms with Gasteiger partial charge in [0, 0.05) is 11.1 Å². The normalized spacial score (nSPS) is 11.5. The molecule has 0 saturated heterocycles. The van der Waals surface area contributed by atoms with Gasteiger partial charge in [0.25, 0.3) is 5.91 Å². The van der Waals surface area contributed by atoms with E-state index in [-0.39, 0.29) is 11.8 Å².